The molecule has 2 rings (SSSR count). The Hall–Kier alpha value is -1.45. The Bertz CT molecular complexity index is 388. The van der Waals surface area contributed by atoms with Gasteiger partial charge in [-0.05, 0) is 25.3 Å². The summed E-state index contributed by atoms with van der Waals surface area (Å²) in [4.78, 5) is 13.2. The smallest absolute Gasteiger partial charge is 0.130 e. The molecular weight excluding hydrogens is 224 g/mol. The molecule has 0 amide bonds. The van der Waals surface area contributed by atoms with Crippen LogP contribution in [0, 0.1) is 5.92 Å². The van der Waals surface area contributed by atoms with E-state index in [0.717, 1.165) is 38.2 Å². The summed E-state index contributed by atoms with van der Waals surface area (Å²) in [7, 11) is 0. The molecule has 4 nitrogen and oxygen atoms in total. The van der Waals surface area contributed by atoms with Crippen molar-refractivity contribution in [3.8, 4) is 0 Å². The molecule has 1 aromatic rings. The number of rotatable bonds is 5. The molecule has 0 aromatic carbocycles. The van der Waals surface area contributed by atoms with Crippen molar-refractivity contribution in [2.75, 3.05) is 13.1 Å². The molecule has 1 aliphatic heterocycles. The number of aliphatic imine (C=N–C) groups is 1. The van der Waals surface area contributed by atoms with Crippen LogP contribution >= 0.6 is 0 Å². The summed E-state index contributed by atoms with van der Waals surface area (Å²) in [6.45, 7) is 6.48. The first-order chi connectivity index (χ1) is 8.77. The molecule has 1 aliphatic rings. The SMILES string of the molecule is CC(CCC(C)c1ncccn1)C1=NCCCN1. The van der Waals surface area contributed by atoms with Crippen molar-refractivity contribution >= 4 is 5.84 Å². The van der Waals surface area contributed by atoms with Crippen LogP contribution < -0.4 is 5.32 Å². The van der Waals surface area contributed by atoms with Crippen LogP contribution in [-0.4, -0.2) is 28.9 Å². The maximum absolute atomic E-state index is 4.55. The maximum Gasteiger partial charge on any atom is 0.130 e. The Balaban J connectivity index is 1.82. The Kier molecular flexibility index (Phi) is 4.67. The van der Waals surface area contributed by atoms with Gasteiger partial charge >= 0.3 is 0 Å². The molecule has 0 aliphatic carbocycles. The van der Waals surface area contributed by atoms with Gasteiger partial charge in [0, 0.05) is 37.3 Å². The normalized spacial score (nSPS) is 18.7. The fourth-order valence-corrected chi connectivity index (χ4v) is 2.21. The molecule has 2 unspecified atom stereocenters. The van der Waals surface area contributed by atoms with E-state index in [1.54, 1.807) is 0 Å². The number of aromatic nitrogens is 2. The molecule has 0 spiro atoms. The zero-order valence-corrected chi connectivity index (χ0v) is 11.3. The van der Waals surface area contributed by atoms with Crippen molar-refractivity contribution in [3.05, 3.63) is 24.3 Å². The number of hydrogen-bond donors (Lipinski definition) is 1. The fraction of sp³-hybridized carbons (Fsp3) is 0.643. The van der Waals surface area contributed by atoms with Gasteiger partial charge in [-0.25, -0.2) is 9.97 Å². The highest BCUT2D eigenvalue weighted by atomic mass is 15.0. The second kappa shape index (κ2) is 6.47. The van der Waals surface area contributed by atoms with Crippen molar-refractivity contribution in [2.45, 2.75) is 39.0 Å². The van der Waals surface area contributed by atoms with Crippen molar-refractivity contribution < 1.29 is 0 Å². The first-order valence-electron chi connectivity index (χ1n) is 6.82. The lowest BCUT2D eigenvalue weighted by molar-refractivity contribution is 0.538. The topological polar surface area (TPSA) is 50.2 Å². The lowest BCUT2D eigenvalue weighted by atomic mass is 9.96. The van der Waals surface area contributed by atoms with Crippen molar-refractivity contribution in [1.29, 1.82) is 0 Å². The van der Waals surface area contributed by atoms with Gasteiger partial charge in [0.2, 0.25) is 0 Å². The summed E-state index contributed by atoms with van der Waals surface area (Å²) in [5, 5.41) is 3.40. The van der Waals surface area contributed by atoms with Crippen LogP contribution in [0.1, 0.15) is 44.9 Å². The third-order valence-corrected chi connectivity index (χ3v) is 3.45. The van der Waals surface area contributed by atoms with E-state index < -0.39 is 0 Å². The van der Waals surface area contributed by atoms with E-state index in [2.05, 4.69) is 34.1 Å². The molecule has 18 heavy (non-hydrogen) atoms. The lowest BCUT2D eigenvalue weighted by Crippen LogP contribution is -2.34. The van der Waals surface area contributed by atoms with Crippen molar-refractivity contribution in [3.63, 3.8) is 0 Å². The molecule has 4 heteroatoms. The molecule has 98 valence electrons. The van der Waals surface area contributed by atoms with Gasteiger partial charge in [-0.15, -0.1) is 0 Å². The Labute approximate surface area is 109 Å². The van der Waals surface area contributed by atoms with E-state index in [-0.39, 0.29) is 0 Å². The van der Waals surface area contributed by atoms with Gasteiger partial charge in [0.05, 0.1) is 5.84 Å². The van der Waals surface area contributed by atoms with Crippen LogP contribution in [0.3, 0.4) is 0 Å². The van der Waals surface area contributed by atoms with E-state index in [1.807, 2.05) is 18.5 Å². The van der Waals surface area contributed by atoms with E-state index in [4.69, 9.17) is 0 Å². The van der Waals surface area contributed by atoms with Crippen LogP contribution in [0.2, 0.25) is 0 Å². The average Bonchev–Trinajstić information content (AvgIpc) is 2.46. The monoisotopic (exact) mass is 246 g/mol. The Morgan fingerprint density at radius 1 is 1.17 bits per heavy atom. The third-order valence-electron chi connectivity index (χ3n) is 3.45. The number of nitrogens with one attached hydrogen (secondary N) is 1. The standard InChI is InChI=1S/C14H22N4/c1-11(13-15-7-3-8-16-13)5-6-12(2)14-17-9-4-10-18-14/h3,7-8,11-12H,4-6,9-10H2,1-2H3,(H,17,18). The van der Waals surface area contributed by atoms with Gasteiger partial charge in [0.25, 0.3) is 0 Å². The van der Waals surface area contributed by atoms with Gasteiger partial charge < -0.3 is 5.32 Å². The van der Waals surface area contributed by atoms with Gasteiger partial charge in [-0.1, -0.05) is 13.8 Å². The predicted molar refractivity (Wildman–Crippen MR) is 73.8 cm³/mol. The Morgan fingerprint density at radius 3 is 2.56 bits per heavy atom. The minimum atomic E-state index is 0.415. The summed E-state index contributed by atoms with van der Waals surface area (Å²) in [6.07, 6.45) is 7.02. The summed E-state index contributed by atoms with van der Waals surface area (Å²) in [5.74, 6) is 3.06. The molecule has 2 atom stereocenters. The molecule has 0 saturated carbocycles. The van der Waals surface area contributed by atoms with E-state index in [1.165, 1.54) is 5.84 Å². The average molecular weight is 246 g/mol. The van der Waals surface area contributed by atoms with Crippen LogP contribution in [0.15, 0.2) is 23.5 Å². The number of hydrogen-bond acceptors (Lipinski definition) is 4. The molecule has 2 heterocycles. The molecule has 0 fully saturated rings. The quantitative estimate of drug-likeness (QED) is 0.868. The summed E-state index contributed by atoms with van der Waals surface area (Å²) >= 11 is 0. The van der Waals surface area contributed by atoms with Gasteiger partial charge in [0.15, 0.2) is 0 Å². The molecule has 0 radical (unpaired) electrons. The van der Waals surface area contributed by atoms with Gasteiger partial charge in [-0.3, -0.25) is 4.99 Å². The van der Waals surface area contributed by atoms with Crippen LogP contribution in [-0.2, 0) is 0 Å². The minimum absolute atomic E-state index is 0.415. The highest BCUT2D eigenvalue weighted by Gasteiger charge is 2.15. The van der Waals surface area contributed by atoms with Crippen molar-refractivity contribution in [1.82, 2.24) is 15.3 Å². The zero-order valence-electron chi connectivity index (χ0n) is 11.3. The highest BCUT2D eigenvalue weighted by Crippen LogP contribution is 2.20. The van der Waals surface area contributed by atoms with Crippen LogP contribution in [0.5, 0.6) is 0 Å². The molecular formula is C14H22N4. The molecule has 1 N–H and O–H groups in total. The zero-order chi connectivity index (χ0) is 12.8. The lowest BCUT2D eigenvalue weighted by Gasteiger charge is -2.21. The first kappa shape index (κ1) is 13.0. The second-order valence-electron chi connectivity index (χ2n) is 5.03. The van der Waals surface area contributed by atoms with E-state index in [0.29, 0.717) is 11.8 Å². The first-order valence-corrected chi connectivity index (χ1v) is 6.82. The van der Waals surface area contributed by atoms with Gasteiger partial charge in [0.1, 0.15) is 5.82 Å². The number of nitrogens with zero attached hydrogens (tertiary/aromatic N) is 3. The van der Waals surface area contributed by atoms with Crippen LogP contribution in [0.4, 0.5) is 0 Å². The maximum atomic E-state index is 4.55. The van der Waals surface area contributed by atoms with Crippen molar-refractivity contribution in [2.24, 2.45) is 10.9 Å². The minimum Gasteiger partial charge on any atom is -0.374 e. The summed E-state index contributed by atoms with van der Waals surface area (Å²) < 4.78 is 0. The second-order valence-corrected chi connectivity index (χ2v) is 5.03. The third kappa shape index (κ3) is 3.52. The molecule has 0 saturated heterocycles. The summed E-state index contributed by atoms with van der Waals surface area (Å²) in [6, 6.07) is 1.86. The predicted octanol–water partition coefficient (Wildman–Crippen LogP) is 2.39. The van der Waals surface area contributed by atoms with E-state index >= 15 is 0 Å². The highest BCUT2D eigenvalue weighted by molar-refractivity contribution is 5.84. The molecule has 1 aromatic heterocycles. The van der Waals surface area contributed by atoms with Gasteiger partial charge in [-0.2, -0.15) is 0 Å². The number of amidine groups is 1. The van der Waals surface area contributed by atoms with E-state index in [9.17, 15) is 0 Å². The Morgan fingerprint density at radius 2 is 1.89 bits per heavy atom. The molecule has 0 bridgehead atoms. The summed E-state index contributed by atoms with van der Waals surface area (Å²) in [5.41, 5.74) is 0. The van der Waals surface area contributed by atoms with Crippen LogP contribution in [0.25, 0.3) is 0 Å². The fourth-order valence-electron chi connectivity index (χ4n) is 2.21. The largest absolute Gasteiger partial charge is 0.374 e.